The van der Waals surface area contributed by atoms with Gasteiger partial charge in [0.25, 0.3) is 5.56 Å². The van der Waals surface area contributed by atoms with Crippen molar-refractivity contribution in [2.45, 2.75) is 0 Å². The average molecular weight is 432 g/mol. The molecule has 0 spiro atoms. The van der Waals surface area contributed by atoms with Gasteiger partial charge < -0.3 is 19.3 Å². The third-order valence-corrected chi connectivity index (χ3v) is 3.98. The van der Waals surface area contributed by atoms with E-state index in [0.29, 0.717) is 10.5 Å². The molecule has 124 valence electrons. The molecule has 0 saturated heterocycles. The number of phosphoric ester groups is 1. The Kier molecular flexibility index (Phi) is 8.86. The largest absolute Gasteiger partial charge is 1.00 e. The Bertz CT molecular complexity index is 1060. The number of nitrogens with one attached hydrogen (secondary N) is 1. The van der Waals surface area contributed by atoms with Crippen LogP contribution in [0.15, 0.2) is 41.2 Å². The Morgan fingerprint density at radius 1 is 1.12 bits per heavy atom. The predicted molar refractivity (Wildman–Crippen MR) is 88.3 cm³/mol. The summed E-state index contributed by atoms with van der Waals surface area (Å²) in [5.41, 5.74) is -0.0299. The van der Waals surface area contributed by atoms with Crippen LogP contribution in [0.25, 0.3) is 22.3 Å². The summed E-state index contributed by atoms with van der Waals surface area (Å²) in [7, 11) is -5.05. The fourth-order valence-electron chi connectivity index (χ4n) is 2.13. The van der Waals surface area contributed by atoms with E-state index in [1.165, 1.54) is 24.3 Å². The molecule has 0 radical (unpaired) electrons. The molecule has 3 aromatic rings. The zero-order valence-corrected chi connectivity index (χ0v) is 20.1. The van der Waals surface area contributed by atoms with Crippen LogP contribution in [0, 0.1) is 0 Å². The number of halogens is 2. The molecule has 26 heavy (non-hydrogen) atoms. The molecule has 1 heterocycles. The van der Waals surface area contributed by atoms with E-state index in [2.05, 4.69) is 14.5 Å². The van der Waals surface area contributed by atoms with E-state index in [0.717, 1.165) is 0 Å². The van der Waals surface area contributed by atoms with Crippen molar-refractivity contribution in [3.63, 3.8) is 0 Å². The van der Waals surface area contributed by atoms with Crippen LogP contribution in [-0.2, 0) is 4.57 Å². The zero-order valence-electron chi connectivity index (χ0n) is 13.7. The number of aromatic amines is 1. The van der Waals surface area contributed by atoms with Crippen LogP contribution in [-0.4, -0.2) is 14.9 Å². The molecule has 3 rings (SSSR count). The van der Waals surface area contributed by atoms with Crippen LogP contribution in [0.2, 0.25) is 10.0 Å². The minimum atomic E-state index is -5.05. The second kappa shape index (κ2) is 9.54. The summed E-state index contributed by atoms with van der Waals surface area (Å²) in [6.45, 7) is 0. The number of benzene rings is 2. The van der Waals surface area contributed by atoms with Crippen molar-refractivity contribution < 1.29 is 78.0 Å². The summed E-state index contributed by atoms with van der Waals surface area (Å²) in [6, 6.07) is 8.54. The van der Waals surface area contributed by atoms with Crippen LogP contribution < -0.4 is 74.1 Å². The molecule has 2 N–H and O–H groups in total. The maximum atomic E-state index is 12.2. The van der Waals surface area contributed by atoms with E-state index in [1.807, 2.05) is 0 Å². The van der Waals surface area contributed by atoms with Crippen LogP contribution in [0.5, 0.6) is 5.75 Å². The number of nitrogens with zero attached hydrogens (tertiary/aromatic N) is 1. The third-order valence-electron chi connectivity index (χ3n) is 3.08. The molecule has 0 bridgehead atoms. The Morgan fingerprint density at radius 3 is 2.38 bits per heavy atom. The number of hydrogen-bond donors (Lipinski definition) is 2. The Balaban J connectivity index is 0.00000169. The third kappa shape index (κ3) is 5.80. The second-order valence-electron chi connectivity index (χ2n) is 4.78. The van der Waals surface area contributed by atoms with E-state index in [4.69, 9.17) is 28.1 Å². The van der Waals surface area contributed by atoms with E-state index in [-0.39, 0.29) is 86.7 Å². The van der Waals surface area contributed by atoms with Crippen molar-refractivity contribution in [3.8, 4) is 17.1 Å². The van der Waals surface area contributed by atoms with Crippen molar-refractivity contribution in [1.29, 1.82) is 0 Å². The second-order valence-corrected chi connectivity index (χ2v) is 6.77. The molecule has 1 aromatic heterocycles. The SMILES string of the molecule is O=c1[nH]c(-c2cc(Cl)ccc2OP(=O)([O-])O)nc2ccc(Cl)cc12.[Na+].[Na+]. The first kappa shape index (κ1) is 24.1. The maximum absolute atomic E-state index is 12.2. The molecule has 1 unspecified atom stereocenters. The van der Waals surface area contributed by atoms with Crippen LogP contribution in [0.4, 0.5) is 0 Å². The molecule has 0 fully saturated rings. The number of phosphoric acid groups is 1. The Morgan fingerprint density at radius 2 is 1.73 bits per heavy atom. The maximum Gasteiger partial charge on any atom is 1.00 e. The first-order valence-electron chi connectivity index (χ1n) is 6.46. The minimum Gasteiger partial charge on any atom is -0.746 e. The van der Waals surface area contributed by atoms with Gasteiger partial charge in [0, 0.05) is 10.0 Å². The summed E-state index contributed by atoms with van der Waals surface area (Å²) < 4.78 is 15.5. The number of rotatable bonds is 3. The van der Waals surface area contributed by atoms with Gasteiger partial charge in [-0.2, -0.15) is 0 Å². The van der Waals surface area contributed by atoms with Crippen molar-refractivity contribution in [1.82, 2.24) is 9.97 Å². The van der Waals surface area contributed by atoms with Gasteiger partial charge in [0.2, 0.25) is 0 Å². The van der Waals surface area contributed by atoms with Crippen LogP contribution in [0.3, 0.4) is 0 Å². The van der Waals surface area contributed by atoms with E-state index in [9.17, 15) is 14.3 Å². The molecule has 7 nitrogen and oxygen atoms in total. The average Bonchev–Trinajstić information content (AvgIpc) is 2.48. The first-order valence-corrected chi connectivity index (χ1v) is 8.71. The van der Waals surface area contributed by atoms with E-state index < -0.39 is 13.4 Å². The van der Waals surface area contributed by atoms with Gasteiger partial charge in [-0.3, -0.25) is 9.36 Å². The molecule has 2 aromatic carbocycles. The summed E-state index contributed by atoms with van der Waals surface area (Å²) in [6.07, 6.45) is 0. The van der Waals surface area contributed by atoms with Crippen LogP contribution >= 0.6 is 31.0 Å². The van der Waals surface area contributed by atoms with Crippen molar-refractivity contribution in [2.75, 3.05) is 0 Å². The molecule has 0 aliphatic carbocycles. The Hall–Kier alpha value is 0.110. The predicted octanol–water partition coefficient (Wildman–Crippen LogP) is -3.26. The number of aromatic nitrogens is 2. The van der Waals surface area contributed by atoms with Gasteiger partial charge in [0.1, 0.15) is 11.6 Å². The van der Waals surface area contributed by atoms with Crippen molar-refractivity contribution in [2.24, 2.45) is 0 Å². The topological polar surface area (TPSA) is 115 Å². The van der Waals surface area contributed by atoms with Gasteiger partial charge in [0.15, 0.2) is 0 Å². The van der Waals surface area contributed by atoms with Gasteiger partial charge in [0.05, 0.1) is 16.5 Å². The summed E-state index contributed by atoms with van der Waals surface area (Å²) in [4.78, 5) is 38.9. The fraction of sp³-hybridized carbons (Fsp3) is 0. The van der Waals surface area contributed by atoms with E-state index >= 15 is 0 Å². The molecular weight excluding hydrogens is 424 g/mol. The smallest absolute Gasteiger partial charge is 0.746 e. The monoisotopic (exact) mass is 431 g/mol. The molecule has 0 saturated carbocycles. The summed E-state index contributed by atoms with van der Waals surface area (Å²) in [5, 5.41) is 0.907. The van der Waals surface area contributed by atoms with Gasteiger partial charge in [-0.15, -0.1) is 0 Å². The van der Waals surface area contributed by atoms with Gasteiger partial charge in [-0.25, -0.2) is 4.98 Å². The van der Waals surface area contributed by atoms with Crippen LogP contribution in [0.1, 0.15) is 0 Å². The summed E-state index contributed by atoms with van der Waals surface area (Å²) in [5.74, 6) is -0.197. The summed E-state index contributed by atoms with van der Waals surface area (Å²) >= 11 is 11.8. The quantitative estimate of drug-likeness (QED) is 0.332. The minimum absolute atomic E-state index is 0. The van der Waals surface area contributed by atoms with E-state index in [1.54, 1.807) is 12.1 Å². The van der Waals surface area contributed by atoms with Gasteiger partial charge in [-0.05, 0) is 36.4 Å². The molecule has 0 aliphatic heterocycles. The normalized spacial score (nSPS) is 12.6. The first-order chi connectivity index (χ1) is 11.2. The van der Waals surface area contributed by atoms with Gasteiger partial charge in [-0.1, -0.05) is 23.2 Å². The Labute approximate surface area is 201 Å². The number of hydrogen-bond acceptors (Lipinski definition) is 5. The van der Waals surface area contributed by atoms with Crippen molar-refractivity contribution in [3.05, 3.63) is 56.8 Å². The number of H-pyrrole nitrogens is 1. The number of fused-ring (bicyclic) bond motifs is 1. The van der Waals surface area contributed by atoms with Crippen molar-refractivity contribution >= 4 is 41.9 Å². The molecule has 12 heteroatoms. The zero-order chi connectivity index (χ0) is 17.5. The molecular formula is C14H8Cl2N2Na2O5P+. The van der Waals surface area contributed by atoms with Gasteiger partial charge >= 0.3 is 66.9 Å². The molecule has 1 atom stereocenters. The molecule has 0 aliphatic rings. The molecule has 0 amide bonds. The fourth-order valence-corrected chi connectivity index (χ4v) is 2.88. The standard InChI is InChI=1S/C14H9Cl2N2O5P.2Na/c15-7-1-3-11-9(5-7)14(19)18-13(17-11)10-6-8(16)2-4-12(10)23-24(20,21)22;;/h1-6H,(H,17,18,19)(H2,20,21,22);;/q;2*+1/p-1.